The second-order valence-electron chi connectivity index (χ2n) is 4.81. The summed E-state index contributed by atoms with van der Waals surface area (Å²) in [6.07, 6.45) is -0.674. The number of benzene rings is 1. The molecule has 0 fully saturated rings. The summed E-state index contributed by atoms with van der Waals surface area (Å²) in [5, 5.41) is 3.80. The number of rotatable bonds is 7. The molecule has 0 amide bonds. The molecule has 0 aromatic heterocycles. The van der Waals surface area contributed by atoms with E-state index in [2.05, 4.69) is 19.2 Å². The molecule has 1 atom stereocenters. The van der Waals surface area contributed by atoms with Crippen LogP contribution in [0.4, 0.5) is 0 Å². The standard InChI is InChI=1S/C15H22ClNO3/c1-5-19-15(18)11(4)20-14-7-6-12(8-13(14)16)9-17-10(2)3/h6-8,10-11,17H,5,9H2,1-4H3. The molecule has 1 unspecified atom stereocenters. The fraction of sp³-hybridized carbons (Fsp3) is 0.533. The quantitative estimate of drug-likeness (QED) is 0.786. The number of carbonyl (C=O) groups excluding carboxylic acids is 1. The summed E-state index contributed by atoms with van der Waals surface area (Å²) in [7, 11) is 0. The third-order valence-electron chi connectivity index (χ3n) is 2.63. The van der Waals surface area contributed by atoms with Crippen LogP contribution < -0.4 is 10.1 Å². The van der Waals surface area contributed by atoms with E-state index in [-0.39, 0.29) is 0 Å². The summed E-state index contributed by atoms with van der Waals surface area (Å²) in [4.78, 5) is 11.5. The Morgan fingerprint density at radius 1 is 1.35 bits per heavy atom. The molecule has 1 rings (SSSR count). The van der Waals surface area contributed by atoms with Crippen molar-refractivity contribution in [3.05, 3.63) is 28.8 Å². The average molecular weight is 300 g/mol. The highest BCUT2D eigenvalue weighted by Crippen LogP contribution is 2.26. The van der Waals surface area contributed by atoms with Crippen LogP contribution in [-0.4, -0.2) is 24.7 Å². The van der Waals surface area contributed by atoms with Crippen LogP contribution in [0.2, 0.25) is 5.02 Å². The lowest BCUT2D eigenvalue weighted by Crippen LogP contribution is -2.26. The van der Waals surface area contributed by atoms with Crippen LogP contribution in [0, 0.1) is 0 Å². The molecule has 5 heteroatoms. The first-order chi connectivity index (χ1) is 9.43. The molecule has 1 aromatic rings. The van der Waals surface area contributed by atoms with Gasteiger partial charge in [-0.15, -0.1) is 0 Å². The molecule has 1 N–H and O–H groups in total. The number of hydrogen-bond donors (Lipinski definition) is 1. The lowest BCUT2D eigenvalue weighted by Gasteiger charge is -2.15. The van der Waals surface area contributed by atoms with Crippen molar-refractivity contribution in [3.8, 4) is 5.75 Å². The molecular weight excluding hydrogens is 278 g/mol. The molecule has 0 aliphatic carbocycles. The van der Waals surface area contributed by atoms with Crippen LogP contribution >= 0.6 is 11.6 Å². The van der Waals surface area contributed by atoms with E-state index in [1.165, 1.54) is 0 Å². The number of esters is 1. The Morgan fingerprint density at radius 3 is 2.60 bits per heavy atom. The fourth-order valence-electron chi connectivity index (χ4n) is 1.57. The predicted molar refractivity (Wildman–Crippen MR) is 80.2 cm³/mol. The zero-order valence-corrected chi connectivity index (χ0v) is 13.2. The fourth-order valence-corrected chi connectivity index (χ4v) is 1.82. The molecule has 4 nitrogen and oxygen atoms in total. The van der Waals surface area contributed by atoms with Gasteiger partial charge in [0, 0.05) is 12.6 Å². The molecule has 20 heavy (non-hydrogen) atoms. The summed E-state index contributed by atoms with van der Waals surface area (Å²) < 4.78 is 10.4. The normalized spacial score (nSPS) is 12.3. The second-order valence-corrected chi connectivity index (χ2v) is 5.22. The number of nitrogens with one attached hydrogen (secondary N) is 1. The van der Waals surface area contributed by atoms with Crippen molar-refractivity contribution >= 4 is 17.6 Å². The number of halogens is 1. The van der Waals surface area contributed by atoms with Crippen LogP contribution in [0.5, 0.6) is 5.75 Å². The van der Waals surface area contributed by atoms with Gasteiger partial charge in [-0.1, -0.05) is 31.5 Å². The monoisotopic (exact) mass is 299 g/mol. The summed E-state index contributed by atoms with van der Waals surface area (Å²) in [6.45, 7) is 8.64. The van der Waals surface area contributed by atoms with Gasteiger partial charge in [-0.2, -0.15) is 0 Å². The smallest absolute Gasteiger partial charge is 0.347 e. The first-order valence-corrected chi connectivity index (χ1v) is 7.17. The molecule has 0 aliphatic heterocycles. The van der Waals surface area contributed by atoms with Crippen LogP contribution in [0.3, 0.4) is 0 Å². The largest absolute Gasteiger partial charge is 0.477 e. The second kappa shape index (κ2) is 8.12. The van der Waals surface area contributed by atoms with Crippen molar-refractivity contribution in [2.45, 2.75) is 46.4 Å². The van der Waals surface area contributed by atoms with E-state index in [0.29, 0.717) is 23.4 Å². The molecule has 112 valence electrons. The Labute approximate surface area is 125 Å². The van der Waals surface area contributed by atoms with Gasteiger partial charge in [0.15, 0.2) is 6.10 Å². The summed E-state index contributed by atoms with van der Waals surface area (Å²) in [5.74, 6) is 0.0923. The van der Waals surface area contributed by atoms with Crippen molar-refractivity contribution in [2.24, 2.45) is 0 Å². The van der Waals surface area contributed by atoms with E-state index in [0.717, 1.165) is 12.1 Å². The van der Waals surface area contributed by atoms with Gasteiger partial charge < -0.3 is 14.8 Å². The van der Waals surface area contributed by atoms with E-state index in [9.17, 15) is 4.79 Å². The summed E-state index contributed by atoms with van der Waals surface area (Å²) >= 11 is 6.17. The first-order valence-electron chi connectivity index (χ1n) is 6.79. The number of ether oxygens (including phenoxy) is 2. The Hall–Kier alpha value is -1.26. The summed E-state index contributed by atoms with van der Waals surface area (Å²) in [5.41, 5.74) is 1.07. The van der Waals surface area contributed by atoms with Crippen LogP contribution in [0.1, 0.15) is 33.3 Å². The van der Waals surface area contributed by atoms with Crippen LogP contribution in [0.25, 0.3) is 0 Å². The Morgan fingerprint density at radius 2 is 2.05 bits per heavy atom. The van der Waals surface area contributed by atoms with E-state index < -0.39 is 12.1 Å². The van der Waals surface area contributed by atoms with Gasteiger partial charge in [0.05, 0.1) is 11.6 Å². The maximum atomic E-state index is 11.5. The molecule has 0 spiro atoms. The minimum atomic E-state index is -0.674. The maximum Gasteiger partial charge on any atom is 0.347 e. The molecular formula is C15H22ClNO3. The van der Waals surface area contributed by atoms with E-state index in [1.807, 2.05) is 12.1 Å². The van der Waals surface area contributed by atoms with Gasteiger partial charge in [-0.25, -0.2) is 4.79 Å². The van der Waals surface area contributed by atoms with E-state index >= 15 is 0 Å². The Bertz CT molecular complexity index is 449. The topological polar surface area (TPSA) is 47.6 Å². The van der Waals surface area contributed by atoms with Crippen molar-refractivity contribution in [1.82, 2.24) is 5.32 Å². The Balaban J connectivity index is 2.66. The molecule has 0 heterocycles. The highest BCUT2D eigenvalue weighted by molar-refractivity contribution is 6.32. The van der Waals surface area contributed by atoms with Gasteiger partial charge in [-0.3, -0.25) is 0 Å². The van der Waals surface area contributed by atoms with E-state index in [1.54, 1.807) is 19.9 Å². The molecule has 0 bridgehead atoms. The lowest BCUT2D eigenvalue weighted by atomic mass is 10.2. The van der Waals surface area contributed by atoms with Gasteiger partial charge >= 0.3 is 5.97 Å². The average Bonchev–Trinajstić information content (AvgIpc) is 2.39. The van der Waals surface area contributed by atoms with Crippen molar-refractivity contribution in [1.29, 1.82) is 0 Å². The van der Waals surface area contributed by atoms with Gasteiger partial charge in [0.25, 0.3) is 0 Å². The lowest BCUT2D eigenvalue weighted by molar-refractivity contribution is -0.150. The zero-order valence-electron chi connectivity index (χ0n) is 12.4. The van der Waals surface area contributed by atoms with Gasteiger partial charge in [-0.05, 0) is 31.5 Å². The summed E-state index contributed by atoms with van der Waals surface area (Å²) in [6, 6.07) is 5.95. The third kappa shape index (κ3) is 5.39. The van der Waals surface area contributed by atoms with Crippen molar-refractivity contribution in [2.75, 3.05) is 6.61 Å². The first kappa shape index (κ1) is 16.8. The number of carbonyl (C=O) groups is 1. The minimum absolute atomic E-state index is 0.333. The van der Waals surface area contributed by atoms with E-state index in [4.69, 9.17) is 21.1 Å². The Kier molecular flexibility index (Phi) is 6.82. The zero-order chi connectivity index (χ0) is 15.1. The third-order valence-corrected chi connectivity index (χ3v) is 2.93. The number of hydrogen-bond acceptors (Lipinski definition) is 4. The molecule has 0 saturated heterocycles. The minimum Gasteiger partial charge on any atom is -0.477 e. The highest BCUT2D eigenvalue weighted by Gasteiger charge is 2.17. The maximum absolute atomic E-state index is 11.5. The predicted octanol–water partition coefficient (Wildman–Crippen LogP) is 3.17. The highest BCUT2D eigenvalue weighted by atomic mass is 35.5. The van der Waals surface area contributed by atoms with Crippen LogP contribution in [0.15, 0.2) is 18.2 Å². The molecule has 0 saturated carbocycles. The molecule has 0 aliphatic rings. The van der Waals surface area contributed by atoms with Gasteiger partial charge in [0.1, 0.15) is 5.75 Å². The van der Waals surface area contributed by atoms with Crippen LogP contribution in [-0.2, 0) is 16.1 Å². The SMILES string of the molecule is CCOC(=O)C(C)Oc1ccc(CNC(C)C)cc1Cl. The van der Waals surface area contributed by atoms with Gasteiger partial charge in [0.2, 0.25) is 0 Å². The van der Waals surface area contributed by atoms with Crippen molar-refractivity contribution < 1.29 is 14.3 Å². The van der Waals surface area contributed by atoms with Crippen molar-refractivity contribution in [3.63, 3.8) is 0 Å². The molecule has 1 aromatic carbocycles. The molecule has 0 radical (unpaired) electrons.